The second kappa shape index (κ2) is 13.5. The van der Waals surface area contributed by atoms with E-state index in [1.807, 2.05) is 54.3 Å². The van der Waals surface area contributed by atoms with Gasteiger partial charge in [0.15, 0.2) is 5.75 Å². The standard InChI is InChI=1S/C35H39Cl2N3O5/c1-22-14-30(36)33(31(37)15-22)45-13-12-44-26-8-4-24(5-9-26)35-11-10-29(32(39-35)19-38-21-35)34(41)40(25-6-7-25)20-23-16-27(42-2)18-28(17-23)43-3/h4-5,8-10,14-18,25,32,38-39H,6-7,11-13,19-21H2,1-3H3. The van der Waals surface area contributed by atoms with Crippen molar-refractivity contribution in [1.82, 2.24) is 15.5 Å². The number of methoxy groups -OCH3 is 2. The van der Waals surface area contributed by atoms with E-state index in [2.05, 4.69) is 28.8 Å². The van der Waals surface area contributed by atoms with Crippen LogP contribution in [-0.4, -0.2) is 63.4 Å². The van der Waals surface area contributed by atoms with Gasteiger partial charge in [-0.05, 0) is 79.3 Å². The first-order valence-corrected chi connectivity index (χ1v) is 16.1. The fourth-order valence-electron chi connectivity index (χ4n) is 6.22. The highest BCUT2D eigenvalue weighted by molar-refractivity contribution is 6.37. The number of aryl methyl sites for hydroxylation is 1. The Kier molecular flexibility index (Phi) is 9.47. The Morgan fingerprint density at radius 2 is 1.60 bits per heavy atom. The quantitative estimate of drug-likeness (QED) is 0.231. The number of rotatable bonds is 12. The summed E-state index contributed by atoms with van der Waals surface area (Å²) in [4.78, 5) is 16.0. The fourth-order valence-corrected chi connectivity index (χ4v) is 6.93. The molecule has 1 amide bonds. The third-order valence-electron chi connectivity index (χ3n) is 8.68. The number of benzene rings is 3. The summed E-state index contributed by atoms with van der Waals surface area (Å²) in [7, 11) is 3.28. The number of nitrogens with one attached hydrogen (secondary N) is 2. The first-order valence-electron chi connectivity index (χ1n) is 15.3. The minimum absolute atomic E-state index is 0.0883. The van der Waals surface area contributed by atoms with Crippen molar-refractivity contribution in [1.29, 1.82) is 0 Å². The van der Waals surface area contributed by atoms with Crippen LogP contribution in [0.4, 0.5) is 0 Å². The molecule has 2 N–H and O–H groups in total. The van der Waals surface area contributed by atoms with E-state index in [1.54, 1.807) is 14.2 Å². The van der Waals surface area contributed by atoms with Gasteiger partial charge in [0.05, 0.1) is 35.8 Å². The summed E-state index contributed by atoms with van der Waals surface area (Å²) in [6, 6.07) is 17.7. The number of amides is 1. The molecule has 1 aliphatic carbocycles. The van der Waals surface area contributed by atoms with E-state index in [0.717, 1.165) is 47.4 Å². The van der Waals surface area contributed by atoms with Crippen LogP contribution in [0.5, 0.6) is 23.0 Å². The zero-order valence-electron chi connectivity index (χ0n) is 25.8. The van der Waals surface area contributed by atoms with Gasteiger partial charge in [0.2, 0.25) is 0 Å². The maximum Gasteiger partial charge on any atom is 0.251 e. The number of nitrogens with zero attached hydrogens (tertiary/aromatic N) is 1. The number of fused-ring (bicyclic) bond motifs is 2. The van der Waals surface area contributed by atoms with Crippen LogP contribution in [0.25, 0.3) is 0 Å². The molecule has 0 aromatic heterocycles. The summed E-state index contributed by atoms with van der Waals surface area (Å²) in [5, 5.41) is 8.38. The summed E-state index contributed by atoms with van der Waals surface area (Å²) in [5.74, 6) is 2.74. The van der Waals surface area contributed by atoms with E-state index < -0.39 is 0 Å². The second-order valence-electron chi connectivity index (χ2n) is 11.9. The van der Waals surface area contributed by atoms with Crippen molar-refractivity contribution < 1.29 is 23.7 Å². The zero-order valence-corrected chi connectivity index (χ0v) is 27.3. The topological polar surface area (TPSA) is 81.3 Å². The molecule has 238 valence electrons. The number of carbonyl (C=O) groups excluding carboxylic acids is 1. The van der Waals surface area contributed by atoms with Gasteiger partial charge in [-0.25, -0.2) is 0 Å². The van der Waals surface area contributed by atoms with Gasteiger partial charge in [-0.3, -0.25) is 10.1 Å². The molecule has 3 aromatic carbocycles. The van der Waals surface area contributed by atoms with Crippen molar-refractivity contribution in [2.45, 2.75) is 50.4 Å². The molecule has 3 aliphatic rings. The maximum atomic E-state index is 14.0. The molecule has 2 aliphatic heterocycles. The summed E-state index contributed by atoms with van der Waals surface area (Å²) in [6.07, 6.45) is 4.90. The molecule has 45 heavy (non-hydrogen) atoms. The summed E-state index contributed by atoms with van der Waals surface area (Å²) >= 11 is 12.6. The average Bonchev–Trinajstić information content (AvgIpc) is 3.88. The highest BCUT2D eigenvalue weighted by Gasteiger charge is 2.44. The van der Waals surface area contributed by atoms with E-state index in [0.29, 0.717) is 60.0 Å². The van der Waals surface area contributed by atoms with Crippen molar-refractivity contribution in [3.63, 3.8) is 0 Å². The Morgan fingerprint density at radius 3 is 2.24 bits per heavy atom. The van der Waals surface area contributed by atoms with E-state index in [4.69, 9.17) is 42.1 Å². The molecule has 6 rings (SSSR count). The lowest BCUT2D eigenvalue weighted by molar-refractivity contribution is -0.129. The lowest BCUT2D eigenvalue weighted by Crippen LogP contribution is -2.65. The van der Waals surface area contributed by atoms with Crippen LogP contribution < -0.4 is 29.6 Å². The molecule has 3 aromatic rings. The van der Waals surface area contributed by atoms with Gasteiger partial charge in [-0.1, -0.05) is 41.4 Å². The minimum Gasteiger partial charge on any atom is -0.497 e. The number of ether oxygens (including phenoxy) is 4. The van der Waals surface area contributed by atoms with Crippen LogP contribution in [0.3, 0.4) is 0 Å². The molecule has 10 heteroatoms. The number of hydrogen-bond donors (Lipinski definition) is 2. The fraction of sp³-hybridized carbons (Fsp3) is 0.400. The Labute approximate surface area is 274 Å². The highest BCUT2D eigenvalue weighted by atomic mass is 35.5. The van der Waals surface area contributed by atoms with Crippen LogP contribution in [0.1, 0.15) is 36.0 Å². The molecule has 0 radical (unpaired) electrons. The van der Waals surface area contributed by atoms with Crippen molar-refractivity contribution in [3.8, 4) is 23.0 Å². The minimum atomic E-state index is -0.308. The van der Waals surface area contributed by atoms with Crippen LogP contribution in [-0.2, 0) is 16.9 Å². The molecule has 1 saturated carbocycles. The largest absolute Gasteiger partial charge is 0.497 e. The predicted molar refractivity (Wildman–Crippen MR) is 176 cm³/mol. The smallest absolute Gasteiger partial charge is 0.251 e. The van der Waals surface area contributed by atoms with Crippen LogP contribution in [0, 0.1) is 6.92 Å². The van der Waals surface area contributed by atoms with Crippen molar-refractivity contribution in [3.05, 3.63) is 93.0 Å². The van der Waals surface area contributed by atoms with Crippen LogP contribution in [0.2, 0.25) is 10.0 Å². The normalized spacial score (nSPS) is 20.6. The molecule has 8 nitrogen and oxygen atoms in total. The molecule has 1 saturated heterocycles. The number of halogens is 2. The first kappa shape index (κ1) is 31.5. The van der Waals surface area contributed by atoms with Gasteiger partial charge < -0.3 is 29.2 Å². The summed E-state index contributed by atoms with van der Waals surface area (Å²) in [5.41, 5.74) is 3.63. The molecular formula is C35H39Cl2N3O5. The van der Waals surface area contributed by atoms with E-state index in [1.165, 1.54) is 0 Å². The van der Waals surface area contributed by atoms with E-state index >= 15 is 0 Å². The van der Waals surface area contributed by atoms with Gasteiger partial charge in [-0.15, -0.1) is 0 Å². The van der Waals surface area contributed by atoms with Crippen molar-refractivity contribution >= 4 is 29.1 Å². The lowest BCUT2D eigenvalue weighted by Gasteiger charge is -2.47. The average molecular weight is 653 g/mol. The summed E-state index contributed by atoms with van der Waals surface area (Å²) in [6.45, 7) is 4.57. The maximum absolute atomic E-state index is 14.0. The lowest BCUT2D eigenvalue weighted by atomic mass is 9.78. The molecular weight excluding hydrogens is 613 g/mol. The Hall–Kier alpha value is -3.43. The van der Waals surface area contributed by atoms with Crippen molar-refractivity contribution in [2.24, 2.45) is 0 Å². The summed E-state index contributed by atoms with van der Waals surface area (Å²) < 4.78 is 22.6. The molecule has 2 bridgehead atoms. The van der Waals surface area contributed by atoms with E-state index in [-0.39, 0.29) is 23.5 Å². The zero-order chi connectivity index (χ0) is 31.6. The molecule has 2 atom stereocenters. The Balaban J connectivity index is 1.10. The van der Waals surface area contributed by atoms with Crippen LogP contribution >= 0.6 is 23.2 Å². The number of hydrogen-bond acceptors (Lipinski definition) is 7. The third kappa shape index (κ3) is 7.04. The van der Waals surface area contributed by atoms with Gasteiger partial charge in [0, 0.05) is 37.3 Å². The molecule has 0 spiro atoms. The Bertz CT molecular complexity index is 1530. The molecule has 2 heterocycles. The predicted octanol–water partition coefficient (Wildman–Crippen LogP) is 6.05. The molecule has 2 fully saturated rings. The van der Waals surface area contributed by atoms with Crippen LogP contribution in [0.15, 0.2) is 66.2 Å². The Morgan fingerprint density at radius 1 is 0.933 bits per heavy atom. The monoisotopic (exact) mass is 651 g/mol. The first-order chi connectivity index (χ1) is 21.8. The number of carbonyl (C=O) groups is 1. The third-order valence-corrected chi connectivity index (χ3v) is 9.24. The molecule has 2 unspecified atom stereocenters. The van der Waals surface area contributed by atoms with Gasteiger partial charge in [-0.2, -0.15) is 0 Å². The highest BCUT2D eigenvalue weighted by Crippen LogP contribution is 2.38. The SMILES string of the molecule is COc1cc(CN(C(=O)C2=CCC3(c4ccc(OCCOc5c(Cl)cc(C)cc5Cl)cc4)CNCC2N3)C2CC2)cc(OC)c1. The van der Waals surface area contributed by atoms with Gasteiger partial charge in [0.25, 0.3) is 5.91 Å². The van der Waals surface area contributed by atoms with Gasteiger partial charge >= 0.3 is 0 Å². The van der Waals surface area contributed by atoms with Gasteiger partial charge in [0.1, 0.15) is 30.5 Å². The van der Waals surface area contributed by atoms with Crippen molar-refractivity contribution in [2.75, 3.05) is 40.5 Å². The second-order valence-corrected chi connectivity index (χ2v) is 12.8. The van der Waals surface area contributed by atoms with E-state index in [9.17, 15) is 4.79 Å². The number of piperazine rings is 1.